The number of rotatable bonds is 4. The Bertz CT molecular complexity index is 347. The minimum Gasteiger partial charge on any atom is -0.348 e. The van der Waals surface area contributed by atoms with Crippen molar-refractivity contribution in [2.24, 2.45) is 5.92 Å². The molecule has 0 saturated carbocycles. The topological polar surface area (TPSA) is 88.9 Å². The van der Waals surface area contributed by atoms with Gasteiger partial charge in [-0.3, -0.25) is 15.0 Å². The number of nitrogens with zero attached hydrogens (tertiary/aromatic N) is 3. The molecule has 7 heteroatoms. The zero-order valence-corrected chi connectivity index (χ0v) is 9.30. The van der Waals surface area contributed by atoms with Gasteiger partial charge in [0, 0.05) is 6.54 Å². The Kier molecular flexibility index (Phi) is 4.43. The van der Waals surface area contributed by atoms with Gasteiger partial charge in [0.05, 0.1) is 0 Å². The van der Waals surface area contributed by atoms with Gasteiger partial charge in [-0.15, -0.1) is 10.2 Å². The van der Waals surface area contributed by atoms with Crippen LogP contribution in [0.3, 0.4) is 0 Å². The molecule has 0 atom stereocenters. The number of aromatic nitrogens is 3. The Balaban J connectivity index is 2.28. The van der Waals surface area contributed by atoms with E-state index in [1.807, 2.05) is 13.8 Å². The zero-order chi connectivity index (χ0) is 12.0. The molecule has 1 heterocycles. The molecule has 1 rings (SSSR count). The molecule has 1 aromatic rings. The summed E-state index contributed by atoms with van der Waals surface area (Å²) >= 11 is 0. The molecular formula is C9H15N5O2. The maximum absolute atomic E-state index is 11.3. The van der Waals surface area contributed by atoms with Crippen molar-refractivity contribution in [2.75, 3.05) is 12.0 Å². The van der Waals surface area contributed by atoms with Gasteiger partial charge < -0.3 is 5.32 Å². The third-order valence-corrected chi connectivity index (χ3v) is 1.86. The van der Waals surface area contributed by atoms with Gasteiger partial charge in [-0.05, 0) is 12.3 Å². The lowest BCUT2D eigenvalue weighted by Crippen LogP contribution is -2.39. The van der Waals surface area contributed by atoms with E-state index < -0.39 is 11.8 Å². The maximum Gasteiger partial charge on any atom is 0.328 e. The Morgan fingerprint density at radius 1 is 1.25 bits per heavy atom. The third kappa shape index (κ3) is 4.07. The normalized spacial score (nSPS) is 10.2. The van der Waals surface area contributed by atoms with Crippen molar-refractivity contribution in [1.29, 1.82) is 0 Å². The van der Waals surface area contributed by atoms with Gasteiger partial charge in [-0.2, -0.15) is 0 Å². The molecule has 2 N–H and O–H groups in total. The highest BCUT2D eigenvalue weighted by Gasteiger charge is 2.12. The number of hydrogen-bond donors (Lipinski definition) is 2. The molecule has 0 radical (unpaired) electrons. The van der Waals surface area contributed by atoms with Crippen molar-refractivity contribution in [3.8, 4) is 0 Å². The summed E-state index contributed by atoms with van der Waals surface area (Å²) in [5.41, 5.74) is 2.30. The van der Waals surface area contributed by atoms with Crippen LogP contribution in [0, 0.1) is 5.92 Å². The Morgan fingerprint density at radius 3 is 2.44 bits per heavy atom. The largest absolute Gasteiger partial charge is 0.348 e. The second kappa shape index (κ2) is 5.84. The highest BCUT2D eigenvalue weighted by atomic mass is 16.2. The molecule has 2 amide bonds. The minimum atomic E-state index is -0.733. The van der Waals surface area contributed by atoms with Gasteiger partial charge in [0.15, 0.2) is 0 Å². The van der Waals surface area contributed by atoms with E-state index in [1.165, 1.54) is 17.3 Å². The van der Waals surface area contributed by atoms with Crippen molar-refractivity contribution < 1.29 is 9.59 Å². The second-order valence-electron chi connectivity index (χ2n) is 3.75. The molecule has 0 saturated heterocycles. The SMILES string of the molecule is CC(C)CCNC(=O)C(=O)Nn1cnnc1. The van der Waals surface area contributed by atoms with Gasteiger partial charge in [0.25, 0.3) is 0 Å². The first-order valence-corrected chi connectivity index (χ1v) is 5.03. The molecule has 0 aromatic carbocycles. The number of carbonyl (C=O) groups is 2. The molecule has 88 valence electrons. The molecule has 16 heavy (non-hydrogen) atoms. The number of carbonyl (C=O) groups excluding carboxylic acids is 2. The average molecular weight is 225 g/mol. The van der Waals surface area contributed by atoms with Crippen LogP contribution in [0.4, 0.5) is 0 Å². The van der Waals surface area contributed by atoms with Crippen molar-refractivity contribution in [2.45, 2.75) is 20.3 Å². The van der Waals surface area contributed by atoms with Crippen molar-refractivity contribution in [1.82, 2.24) is 20.2 Å². The smallest absolute Gasteiger partial charge is 0.328 e. The third-order valence-electron chi connectivity index (χ3n) is 1.86. The fraction of sp³-hybridized carbons (Fsp3) is 0.556. The molecule has 0 aliphatic carbocycles. The summed E-state index contributed by atoms with van der Waals surface area (Å²) in [6.07, 6.45) is 3.42. The fourth-order valence-electron chi connectivity index (χ4n) is 0.981. The Hall–Kier alpha value is -1.92. The fourth-order valence-corrected chi connectivity index (χ4v) is 0.981. The minimum absolute atomic E-state index is 0.487. The zero-order valence-electron chi connectivity index (χ0n) is 9.30. The monoisotopic (exact) mass is 225 g/mol. The van der Waals surface area contributed by atoms with Gasteiger partial charge in [0.2, 0.25) is 0 Å². The first-order chi connectivity index (χ1) is 7.59. The van der Waals surface area contributed by atoms with Crippen LogP contribution in [-0.2, 0) is 9.59 Å². The molecule has 1 aromatic heterocycles. The van der Waals surface area contributed by atoms with Crippen LogP contribution < -0.4 is 10.7 Å². The number of hydrogen-bond acceptors (Lipinski definition) is 4. The summed E-state index contributed by atoms with van der Waals surface area (Å²) in [5, 5.41) is 9.49. The van der Waals surface area contributed by atoms with E-state index in [2.05, 4.69) is 20.9 Å². The molecule has 0 aliphatic rings. The summed E-state index contributed by atoms with van der Waals surface area (Å²) in [6.45, 7) is 4.58. The first kappa shape index (κ1) is 12.2. The van der Waals surface area contributed by atoms with Crippen LogP contribution in [0.2, 0.25) is 0 Å². The van der Waals surface area contributed by atoms with Crippen LogP contribution in [0.15, 0.2) is 12.7 Å². The Labute approximate surface area is 93.2 Å². The van der Waals surface area contributed by atoms with E-state index in [0.717, 1.165) is 6.42 Å². The van der Waals surface area contributed by atoms with Crippen molar-refractivity contribution in [3.05, 3.63) is 12.7 Å². The van der Waals surface area contributed by atoms with Crippen LogP contribution >= 0.6 is 0 Å². The summed E-state index contributed by atoms with van der Waals surface area (Å²) < 4.78 is 1.21. The highest BCUT2D eigenvalue weighted by molar-refractivity contribution is 6.38. The highest BCUT2D eigenvalue weighted by Crippen LogP contribution is 1.95. The standard InChI is InChI=1S/C9H15N5O2/c1-7(2)3-4-10-8(15)9(16)13-14-5-11-12-6-14/h5-7H,3-4H2,1-2H3,(H,10,15)(H,13,16). The quantitative estimate of drug-likeness (QED) is 0.677. The van der Waals surface area contributed by atoms with Crippen LogP contribution in [0.25, 0.3) is 0 Å². The van der Waals surface area contributed by atoms with Crippen LogP contribution in [-0.4, -0.2) is 33.2 Å². The molecule has 0 bridgehead atoms. The molecular weight excluding hydrogens is 210 g/mol. The lowest BCUT2D eigenvalue weighted by Gasteiger charge is -2.07. The van der Waals surface area contributed by atoms with Crippen molar-refractivity contribution in [3.63, 3.8) is 0 Å². The summed E-state index contributed by atoms with van der Waals surface area (Å²) in [7, 11) is 0. The van der Waals surface area contributed by atoms with Crippen LogP contribution in [0.5, 0.6) is 0 Å². The van der Waals surface area contributed by atoms with Crippen molar-refractivity contribution >= 4 is 11.8 Å². The summed E-state index contributed by atoms with van der Waals surface area (Å²) in [6, 6.07) is 0. The first-order valence-electron chi connectivity index (χ1n) is 5.03. The van der Waals surface area contributed by atoms with E-state index in [9.17, 15) is 9.59 Å². The lowest BCUT2D eigenvalue weighted by atomic mass is 10.1. The van der Waals surface area contributed by atoms with E-state index in [4.69, 9.17) is 0 Å². The molecule has 0 unspecified atom stereocenters. The van der Waals surface area contributed by atoms with E-state index in [-0.39, 0.29) is 0 Å². The summed E-state index contributed by atoms with van der Waals surface area (Å²) in [4.78, 5) is 22.6. The molecule has 7 nitrogen and oxygen atoms in total. The number of amides is 2. The van der Waals surface area contributed by atoms with E-state index in [0.29, 0.717) is 12.5 Å². The number of nitrogens with one attached hydrogen (secondary N) is 2. The predicted octanol–water partition coefficient (Wildman–Crippen LogP) is -0.489. The van der Waals surface area contributed by atoms with Gasteiger partial charge in [0.1, 0.15) is 12.7 Å². The lowest BCUT2D eigenvalue weighted by molar-refractivity contribution is -0.136. The molecule has 0 spiro atoms. The average Bonchev–Trinajstić information content (AvgIpc) is 2.69. The second-order valence-corrected chi connectivity index (χ2v) is 3.75. The van der Waals surface area contributed by atoms with Crippen LogP contribution in [0.1, 0.15) is 20.3 Å². The van der Waals surface area contributed by atoms with E-state index >= 15 is 0 Å². The molecule has 0 aliphatic heterocycles. The van der Waals surface area contributed by atoms with E-state index in [1.54, 1.807) is 0 Å². The van der Waals surface area contributed by atoms with Gasteiger partial charge in [-0.25, -0.2) is 4.68 Å². The molecule has 0 fully saturated rings. The maximum atomic E-state index is 11.3. The van der Waals surface area contributed by atoms with Gasteiger partial charge >= 0.3 is 11.8 Å². The summed E-state index contributed by atoms with van der Waals surface area (Å²) in [5.74, 6) is -0.904. The predicted molar refractivity (Wildman–Crippen MR) is 56.9 cm³/mol. The van der Waals surface area contributed by atoms with Gasteiger partial charge in [-0.1, -0.05) is 13.8 Å². The Morgan fingerprint density at radius 2 is 1.88 bits per heavy atom.